The largest absolute Gasteiger partial charge is 0.395 e. The van der Waals surface area contributed by atoms with Crippen molar-refractivity contribution < 1.29 is 9.90 Å². The van der Waals surface area contributed by atoms with Crippen molar-refractivity contribution in [3.8, 4) is 0 Å². The highest BCUT2D eigenvalue weighted by Crippen LogP contribution is 2.16. The number of carbonyl (C=O) groups is 1. The molecule has 3 heterocycles. The minimum atomic E-state index is -0.451. The van der Waals surface area contributed by atoms with Crippen LogP contribution in [-0.4, -0.2) is 55.8 Å². The van der Waals surface area contributed by atoms with Crippen molar-refractivity contribution in [3.05, 3.63) is 34.9 Å². The third-order valence-corrected chi connectivity index (χ3v) is 3.96. The molecule has 2 aromatic rings. The third-order valence-electron chi connectivity index (χ3n) is 3.96. The predicted molar refractivity (Wildman–Crippen MR) is 76.4 cm³/mol. The SMILES string of the molecule is O=C(CN1CCCCC1CO)n1nc2ccccn2c1=O. The van der Waals surface area contributed by atoms with Crippen LogP contribution in [0.2, 0.25) is 0 Å². The lowest BCUT2D eigenvalue weighted by Crippen LogP contribution is -2.46. The first-order chi connectivity index (χ1) is 10.2. The predicted octanol–water partition coefficient (Wildman–Crippen LogP) is -0.0170. The van der Waals surface area contributed by atoms with Gasteiger partial charge in [0.2, 0.25) is 0 Å². The maximum Gasteiger partial charge on any atom is 0.357 e. The lowest BCUT2D eigenvalue weighted by atomic mass is 10.0. The maximum atomic E-state index is 12.3. The van der Waals surface area contributed by atoms with Crippen LogP contribution in [0.25, 0.3) is 5.65 Å². The van der Waals surface area contributed by atoms with Gasteiger partial charge in [-0.1, -0.05) is 12.5 Å². The minimum absolute atomic E-state index is 0.00423. The molecule has 112 valence electrons. The third kappa shape index (κ3) is 2.62. The number of nitrogens with zero attached hydrogens (tertiary/aromatic N) is 4. The van der Waals surface area contributed by atoms with Crippen molar-refractivity contribution in [2.45, 2.75) is 25.3 Å². The highest BCUT2D eigenvalue weighted by Gasteiger charge is 2.25. The molecule has 3 rings (SSSR count). The average molecular weight is 290 g/mol. The molecule has 7 heteroatoms. The van der Waals surface area contributed by atoms with Gasteiger partial charge in [-0.2, -0.15) is 0 Å². The van der Waals surface area contributed by atoms with E-state index in [4.69, 9.17) is 0 Å². The van der Waals surface area contributed by atoms with Crippen LogP contribution in [0.1, 0.15) is 24.1 Å². The molecule has 0 aromatic carbocycles. The summed E-state index contributed by atoms with van der Waals surface area (Å²) in [5.74, 6) is -0.357. The molecule has 1 unspecified atom stereocenters. The standard InChI is InChI=1S/C14H18N4O3/c19-10-11-5-1-3-7-16(11)9-13(20)18-14(21)17-8-4-2-6-12(17)15-18/h2,4,6,8,11,19H,1,3,5,7,9-10H2. The van der Waals surface area contributed by atoms with Gasteiger partial charge in [0.15, 0.2) is 5.65 Å². The highest BCUT2D eigenvalue weighted by molar-refractivity contribution is 5.80. The number of carbonyl (C=O) groups excluding carboxylic acids is 1. The molecule has 1 saturated heterocycles. The first kappa shape index (κ1) is 14.0. The first-order valence-electron chi connectivity index (χ1n) is 7.15. The second-order valence-electron chi connectivity index (χ2n) is 5.32. The zero-order valence-corrected chi connectivity index (χ0v) is 11.7. The van der Waals surface area contributed by atoms with E-state index in [1.54, 1.807) is 24.4 Å². The van der Waals surface area contributed by atoms with Crippen LogP contribution >= 0.6 is 0 Å². The fourth-order valence-corrected chi connectivity index (χ4v) is 2.80. The van der Waals surface area contributed by atoms with Crippen molar-refractivity contribution in [1.29, 1.82) is 0 Å². The zero-order valence-electron chi connectivity index (χ0n) is 11.7. The van der Waals surface area contributed by atoms with Crippen LogP contribution in [0.4, 0.5) is 0 Å². The molecule has 0 amide bonds. The molecule has 0 spiro atoms. The number of hydrogen-bond donors (Lipinski definition) is 1. The van der Waals surface area contributed by atoms with Gasteiger partial charge < -0.3 is 5.11 Å². The molecular weight excluding hydrogens is 272 g/mol. The topological polar surface area (TPSA) is 79.8 Å². The normalized spacial score (nSPS) is 20.0. The summed E-state index contributed by atoms with van der Waals surface area (Å²) in [6, 6.07) is 5.17. The van der Waals surface area contributed by atoms with Gasteiger partial charge in [-0.3, -0.25) is 9.69 Å². The van der Waals surface area contributed by atoms with Gasteiger partial charge in [-0.05, 0) is 31.5 Å². The van der Waals surface area contributed by atoms with E-state index in [-0.39, 0.29) is 25.1 Å². The van der Waals surface area contributed by atoms with E-state index in [9.17, 15) is 14.7 Å². The molecule has 1 fully saturated rings. The van der Waals surface area contributed by atoms with Crippen LogP contribution in [0.5, 0.6) is 0 Å². The molecule has 0 radical (unpaired) electrons. The Morgan fingerprint density at radius 2 is 2.24 bits per heavy atom. The van der Waals surface area contributed by atoms with Gasteiger partial charge >= 0.3 is 5.69 Å². The Balaban J connectivity index is 1.83. The van der Waals surface area contributed by atoms with Crippen molar-refractivity contribution in [2.75, 3.05) is 19.7 Å². The fourth-order valence-electron chi connectivity index (χ4n) is 2.80. The van der Waals surface area contributed by atoms with Crippen LogP contribution in [0, 0.1) is 0 Å². The van der Waals surface area contributed by atoms with Gasteiger partial charge in [0.1, 0.15) is 0 Å². The Hall–Kier alpha value is -1.99. The first-order valence-corrected chi connectivity index (χ1v) is 7.15. The number of hydrogen-bond acceptors (Lipinski definition) is 5. The van der Waals surface area contributed by atoms with Gasteiger partial charge in [0, 0.05) is 12.2 Å². The van der Waals surface area contributed by atoms with E-state index in [1.807, 2.05) is 4.90 Å². The Morgan fingerprint density at radius 3 is 3.00 bits per heavy atom. The quantitative estimate of drug-likeness (QED) is 0.859. The van der Waals surface area contributed by atoms with Gasteiger partial charge in [0.05, 0.1) is 13.2 Å². The Bertz CT molecular complexity index is 706. The second-order valence-corrected chi connectivity index (χ2v) is 5.32. The molecule has 7 nitrogen and oxygen atoms in total. The number of aliphatic hydroxyl groups is 1. The van der Waals surface area contributed by atoms with E-state index >= 15 is 0 Å². The lowest BCUT2D eigenvalue weighted by molar-refractivity contribution is 0.0632. The molecule has 1 aliphatic heterocycles. The second kappa shape index (κ2) is 5.79. The number of fused-ring (bicyclic) bond motifs is 1. The lowest BCUT2D eigenvalue weighted by Gasteiger charge is -2.33. The number of likely N-dealkylation sites (tertiary alicyclic amines) is 1. The van der Waals surface area contributed by atoms with Gasteiger partial charge in [0.25, 0.3) is 5.91 Å². The minimum Gasteiger partial charge on any atom is -0.395 e. The molecule has 0 bridgehead atoms. The summed E-state index contributed by atoms with van der Waals surface area (Å²) in [4.78, 5) is 26.4. The summed E-state index contributed by atoms with van der Waals surface area (Å²) >= 11 is 0. The Morgan fingerprint density at radius 1 is 1.38 bits per heavy atom. The monoisotopic (exact) mass is 290 g/mol. The molecule has 0 saturated carbocycles. The maximum absolute atomic E-state index is 12.3. The van der Waals surface area contributed by atoms with Crippen LogP contribution < -0.4 is 5.69 Å². The van der Waals surface area contributed by atoms with Crippen LogP contribution in [0.3, 0.4) is 0 Å². The summed E-state index contributed by atoms with van der Waals surface area (Å²) in [7, 11) is 0. The van der Waals surface area contributed by atoms with Crippen molar-refractivity contribution in [3.63, 3.8) is 0 Å². The summed E-state index contributed by atoms with van der Waals surface area (Å²) < 4.78 is 2.26. The molecule has 21 heavy (non-hydrogen) atoms. The van der Waals surface area contributed by atoms with Crippen LogP contribution in [0.15, 0.2) is 29.2 Å². The number of aromatic nitrogens is 3. The smallest absolute Gasteiger partial charge is 0.357 e. The molecule has 1 N–H and O–H groups in total. The van der Waals surface area contributed by atoms with E-state index in [1.165, 1.54) is 4.40 Å². The molecule has 2 aromatic heterocycles. The molecule has 1 atom stereocenters. The number of pyridine rings is 1. The zero-order chi connectivity index (χ0) is 14.8. The fraction of sp³-hybridized carbons (Fsp3) is 0.500. The Kier molecular flexibility index (Phi) is 3.85. The van der Waals surface area contributed by atoms with Crippen molar-refractivity contribution in [1.82, 2.24) is 19.1 Å². The average Bonchev–Trinajstić information content (AvgIpc) is 2.85. The van der Waals surface area contributed by atoms with Gasteiger partial charge in [-0.15, -0.1) is 9.78 Å². The molecule has 1 aliphatic rings. The van der Waals surface area contributed by atoms with Crippen LogP contribution in [-0.2, 0) is 0 Å². The number of rotatable bonds is 3. The Labute approximate surface area is 121 Å². The summed E-state index contributed by atoms with van der Waals surface area (Å²) in [6.45, 7) is 0.904. The molecule has 0 aliphatic carbocycles. The number of aliphatic hydroxyl groups excluding tert-OH is 1. The van der Waals surface area contributed by atoms with E-state index in [0.29, 0.717) is 5.65 Å². The van der Waals surface area contributed by atoms with E-state index in [0.717, 1.165) is 30.5 Å². The van der Waals surface area contributed by atoms with Gasteiger partial charge in [-0.25, -0.2) is 9.20 Å². The summed E-state index contributed by atoms with van der Waals surface area (Å²) in [5, 5.41) is 13.4. The van der Waals surface area contributed by atoms with Crippen molar-refractivity contribution in [2.24, 2.45) is 0 Å². The van der Waals surface area contributed by atoms with E-state index in [2.05, 4.69) is 5.10 Å². The van der Waals surface area contributed by atoms with E-state index < -0.39 is 5.69 Å². The number of piperidine rings is 1. The van der Waals surface area contributed by atoms with Crippen molar-refractivity contribution >= 4 is 11.6 Å². The summed E-state index contributed by atoms with van der Waals surface area (Å²) in [6.07, 6.45) is 4.53. The highest BCUT2D eigenvalue weighted by atomic mass is 16.3. The molecular formula is C14H18N4O3. The summed E-state index contributed by atoms with van der Waals surface area (Å²) in [5.41, 5.74) is 0.00126.